The highest BCUT2D eigenvalue weighted by Crippen LogP contribution is 2.72. The van der Waals surface area contributed by atoms with E-state index in [9.17, 15) is 5.26 Å². The van der Waals surface area contributed by atoms with Crippen LogP contribution in [-0.4, -0.2) is 30.7 Å². The normalized spacial score (nSPS) is 49.3. The molecule has 16 unspecified atom stereocenters. The summed E-state index contributed by atoms with van der Waals surface area (Å²) in [6, 6.07) is 2.60. The Morgan fingerprint density at radius 2 is 1.32 bits per heavy atom. The first-order chi connectivity index (χ1) is 30.6. The van der Waals surface area contributed by atoms with Crippen LogP contribution in [0, 0.1) is 93.7 Å². The summed E-state index contributed by atoms with van der Waals surface area (Å²) in [5.41, 5.74) is 4.68. The van der Waals surface area contributed by atoms with Crippen LogP contribution in [0.4, 0.5) is 0 Å². The number of rotatable bonds is 5. The molecular formula is C57H76N4O. The van der Waals surface area contributed by atoms with Crippen LogP contribution in [0.25, 0.3) is 0 Å². The lowest BCUT2D eigenvalue weighted by molar-refractivity contribution is -0.204. The Morgan fingerprint density at radius 1 is 0.565 bits per heavy atom. The van der Waals surface area contributed by atoms with Gasteiger partial charge in [-0.15, -0.1) is 0 Å². The van der Waals surface area contributed by atoms with Crippen LogP contribution in [-0.2, 0) is 4.74 Å². The lowest BCUT2D eigenvalue weighted by Gasteiger charge is -2.62. The molecule has 4 fully saturated rings. The van der Waals surface area contributed by atoms with Crippen LogP contribution < -0.4 is 16.0 Å². The summed E-state index contributed by atoms with van der Waals surface area (Å²) < 4.78 is 7.44. The number of hydrogen-bond donors (Lipinski definition) is 3. The third-order valence-electron chi connectivity index (χ3n) is 20.0. The molecule has 0 bridgehead atoms. The minimum Gasteiger partial charge on any atom is -0.370 e. The number of fused-ring (bicyclic) bond motifs is 10. The van der Waals surface area contributed by atoms with Crippen LogP contribution in [0.3, 0.4) is 0 Å². The van der Waals surface area contributed by atoms with Gasteiger partial charge in [0.15, 0.2) is 0 Å². The molecule has 2 heterocycles. The van der Waals surface area contributed by atoms with Gasteiger partial charge in [0.25, 0.3) is 0 Å². The molecule has 5 nitrogen and oxygen atoms in total. The van der Waals surface area contributed by atoms with Crippen LogP contribution in [0.5, 0.6) is 0 Å². The number of nitrogens with one attached hydrogen (secondary N) is 3. The summed E-state index contributed by atoms with van der Waals surface area (Å²) in [5, 5.41) is 22.6. The van der Waals surface area contributed by atoms with Gasteiger partial charge in [0.2, 0.25) is 0 Å². The summed E-state index contributed by atoms with van der Waals surface area (Å²) in [6.45, 7) is 0. The van der Waals surface area contributed by atoms with E-state index in [2.05, 4.69) is 101 Å². The molecule has 62 heavy (non-hydrogen) atoms. The third-order valence-corrected chi connectivity index (χ3v) is 20.0. The molecule has 0 amide bonds. The second-order valence-corrected chi connectivity index (χ2v) is 22.7. The summed E-state index contributed by atoms with van der Waals surface area (Å²) >= 11 is 0. The van der Waals surface area contributed by atoms with E-state index >= 15 is 0 Å². The van der Waals surface area contributed by atoms with Gasteiger partial charge < -0.3 is 4.74 Å². The zero-order chi connectivity index (χ0) is 41.2. The first-order valence-corrected chi connectivity index (χ1v) is 26.5. The zero-order valence-electron chi connectivity index (χ0n) is 37.6. The maximum atomic E-state index is 10.2. The fourth-order valence-electron chi connectivity index (χ4n) is 17.3. The highest BCUT2D eigenvalue weighted by atomic mass is 16.5. The second kappa shape index (κ2) is 17.2. The minimum absolute atomic E-state index is 0.0918. The maximum Gasteiger partial charge on any atom is 0.0944 e. The first kappa shape index (κ1) is 40.7. The van der Waals surface area contributed by atoms with Crippen molar-refractivity contribution in [1.82, 2.24) is 16.0 Å². The van der Waals surface area contributed by atoms with E-state index in [0.717, 1.165) is 36.7 Å². The average Bonchev–Trinajstić information content (AvgIpc) is 3.62. The smallest absolute Gasteiger partial charge is 0.0944 e. The van der Waals surface area contributed by atoms with Gasteiger partial charge in [-0.25, -0.2) is 0 Å². The Labute approximate surface area is 374 Å². The van der Waals surface area contributed by atoms with Crippen LogP contribution in [0.1, 0.15) is 135 Å². The molecule has 2 saturated carbocycles. The largest absolute Gasteiger partial charge is 0.370 e. The van der Waals surface area contributed by atoms with Crippen LogP contribution in [0.2, 0.25) is 0 Å². The monoisotopic (exact) mass is 833 g/mol. The molecule has 330 valence electrons. The van der Waals surface area contributed by atoms with E-state index in [4.69, 9.17) is 4.74 Å². The SMILES string of the molecule is N#CC1=CC2OC3CC(C4C=C(C5CCC(C6NC(C7C=CCCC7)NC(C7C=CCCC7)N6)CC5)CCC4)C=CC3C3(C2CC1)C1CCC=CC1C1C=C2C=CCCC2CC13. The quantitative estimate of drug-likeness (QED) is 0.241. The molecule has 3 N–H and O–H groups in total. The van der Waals surface area contributed by atoms with Crippen LogP contribution in [0.15, 0.2) is 95.7 Å². The van der Waals surface area contributed by atoms with E-state index in [1.807, 2.05) is 0 Å². The molecule has 0 aromatic carbocycles. The first-order valence-electron chi connectivity index (χ1n) is 26.5. The lowest BCUT2D eigenvalue weighted by Crippen LogP contribution is -2.72. The second-order valence-electron chi connectivity index (χ2n) is 22.7. The van der Waals surface area contributed by atoms with Gasteiger partial charge >= 0.3 is 0 Å². The fraction of sp³-hybridized carbons (Fsp3) is 0.702. The predicted octanol–water partition coefficient (Wildman–Crippen LogP) is 11.9. The van der Waals surface area contributed by atoms with Crippen molar-refractivity contribution < 1.29 is 4.74 Å². The summed E-state index contributed by atoms with van der Waals surface area (Å²) in [4.78, 5) is 0. The Hall–Kier alpha value is -2.75. The molecule has 0 radical (unpaired) electrons. The highest BCUT2D eigenvalue weighted by Gasteiger charge is 2.69. The van der Waals surface area contributed by atoms with E-state index in [-0.39, 0.29) is 17.6 Å². The summed E-state index contributed by atoms with van der Waals surface area (Å²) in [5.74, 6) is 8.25. The van der Waals surface area contributed by atoms with Gasteiger partial charge in [0.1, 0.15) is 0 Å². The van der Waals surface area contributed by atoms with E-state index in [0.29, 0.717) is 83.6 Å². The number of allylic oxidation sites excluding steroid dienone is 12. The van der Waals surface area contributed by atoms with Gasteiger partial charge in [0.05, 0.1) is 36.8 Å². The van der Waals surface area contributed by atoms with E-state index in [1.165, 1.54) is 116 Å². The Morgan fingerprint density at radius 3 is 2.10 bits per heavy atom. The number of nitriles is 1. The summed E-state index contributed by atoms with van der Waals surface area (Å²) in [7, 11) is 0. The lowest BCUT2D eigenvalue weighted by atomic mass is 9.47. The fourth-order valence-corrected chi connectivity index (χ4v) is 17.3. The Kier molecular flexibility index (Phi) is 11.3. The Bertz CT molecular complexity index is 1940. The molecule has 2 aliphatic heterocycles. The van der Waals surface area contributed by atoms with Crippen molar-refractivity contribution in [3.8, 4) is 6.07 Å². The van der Waals surface area contributed by atoms with Gasteiger partial charge in [-0.3, -0.25) is 16.0 Å². The Balaban J connectivity index is 0.779. The molecule has 0 aromatic rings. The zero-order valence-corrected chi connectivity index (χ0v) is 37.6. The van der Waals surface area contributed by atoms with Crippen LogP contribution >= 0.6 is 0 Å². The predicted molar refractivity (Wildman–Crippen MR) is 250 cm³/mol. The maximum absolute atomic E-state index is 10.2. The van der Waals surface area contributed by atoms with Crippen molar-refractivity contribution in [3.05, 3.63) is 95.7 Å². The van der Waals surface area contributed by atoms with Crippen molar-refractivity contribution in [2.45, 2.75) is 166 Å². The van der Waals surface area contributed by atoms with Gasteiger partial charge in [-0.2, -0.15) is 5.26 Å². The molecule has 12 rings (SSSR count). The number of ether oxygens (including phenoxy) is 1. The van der Waals surface area contributed by atoms with Gasteiger partial charge in [-0.1, -0.05) is 78.5 Å². The molecule has 2 saturated heterocycles. The summed E-state index contributed by atoms with van der Waals surface area (Å²) in [6.07, 6.45) is 61.7. The minimum atomic E-state index is 0.0918. The molecule has 5 heteroatoms. The molecule has 0 aromatic heterocycles. The molecule has 12 aliphatic rings. The van der Waals surface area contributed by atoms with Crippen molar-refractivity contribution in [2.24, 2.45) is 82.3 Å². The van der Waals surface area contributed by atoms with Crippen molar-refractivity contribution in [1.29, 1.82) is 5.26 Å². The third kappa shape index (κ3) is 7.14. The van der Waals surface area contributed by atoms with Crippen molar-refractivity contribution in [3.63, 3.8) is 0 Å². The van der Waals surface area contributed by atoms with Gasteiger partial charge in [0, 0.05) is 23.3 Å². The number of nitrogens with zero attached hydrogens (tertiary/aromatic N) is 1. The van der Waals surface area contributed by atoms with Gasteiger partial charge in [-0.05, 0) is 211 Å². The molecular weight excluding hydrogens is 757 g/mol. The standard InChI is InChI=1S/C57H76N4O/c58-35-36-22-28-49-52(30-36)62-53-34-45(27-29-50(53)57(49)48-21-10-9-20-46(48)47-32-43-16-7-8-17-44(43)33-51(47)57)42-19-11-18-41(31-42)37-23-25-40(26-24-37)56-60-54(38-12-3-1-4-13-38)59-55(61-56)39-14-5-2-6-15-39/h3,5,7,9,12,14,16,20,27,29-32,37-40,42,44-56,59-61H,1-2,4,6,8,10-11,13,15,17-19,21-26,28,33-34H2. The molecule has 1 spiro atoms. The van der Waals surface area contributed by atoms with E-state index < -0.39 is 0 Å². The number of hydrogen-bond acceptors (Lipinski definition) is 5. The average molecular weight is 833 g/mol. The highest BCUT2D eigenvalue weighted by molar-refractivity contribution is 5.37. The van der Waals surface area contributed by atoms with Crippen molar-refractivity contribution in [2.75, 3.05) is 0 Å². The van der Waals surface area contributed by atoms with Crippen molar-refractivity contribution >= 4 is 0 Å². The topological polar surface area (TPSA) is 69.1 Å². The molecule has 10 aliphatic carbocycles. The molecule has 16 atom stereocenters. The van der Waals surface area contributed by atoms with E-state index in [1.54, 1.807) is 11.1 Å².